The summed E-state index contributed by atoms with van der Waals surface area (Å²) in [4.78, 5) is 0. The molecule has 0 radical (unpaired) electrons. The second kappa shape index (κ2) is 5.16. The van der Waals surface area contributed by atoms with E-state index in [9.17, 15) is 5.11 Å². The molecule has 100 valence electrons. The minimum absolute atomic E-state index is 0.0688. The zero-order valence-corrected chi connectivity index (χ0v) is 11.3. The minimum Gasteiger partial charge on any atom is -0.508 e. The molecule has 1 aromatic carbocycles. The van der Waals surface area contributed by atoms with Crippen molar-refractivity contribution >= 4 is 0 Å². The Labute approximate surface area is 107 Å². The number of fused-ring (bicyclic) bond motifs is 1. The first-order valence-corrected chi connectivity index (χ1v) is 6.24. The number of phenols is 1. The number of aromatic hydroxyl groups is 1. The van der Waals surface area contributed by atoms with Crippen LogP contribution in [0.15, 0.2) is 6.07 Å². The summed E-state index contributed by atoms with van der Waals surface area (Å²) >= 11 is 0. The van der Waals surface area contributed by atoms with Crippen LogP contribution in [0.3, 0.4) is 0 Å². The molecule has 1 heterocycles. The van der Waals surface area contributed by atoms with Crippen molar-refractivity contribution in [2.24, 2.45) is 0 Å². The molecule has 0 spiro atoms. The molecule has 2 rings (SSSR count). The number of rotatable bonds is 3. The van der Waals surface area contributed by atoms with Crippen LogP contribution < -0.4 is 4.74 Å². The quantitative estimate of drug-likeness (QED) is 0.898. The minimum atomic E-state index is -0.414. The normalized spacial score (nSPS) is 22.7. The average molecular weight is 252 g/mol. The molecule has 2 atom stereocenters. The number of phenolic OH excluding ortho intramolecular Hbond substituents is 1. The fourth-order valence-corrected chi connectivity index (χ4v) is 2.39. The van der Waals surface area contributed by atoms with E-state index >= 15 is 0 Å². The van der Waals surface area contributed by atoms with Crippen molar-refractivity contribution in [2.45, 2.75) is 39.6 Å². The van der Waals surface area contributed by atoms with Gasteiger partial charge in [0.25, 0.3) is 0 Å². The van der Waals surface area contributed by atoms with Crippen molar-refractivity contribution in [3.05, 3.63) is 22.8 Å². The van der Waals surface area contributed by atoms with E-state index in [1.54, 1.807) is 13.2 Å². The average Bonchev–Trinajstić information content (AvgIpc) is 2.34. The summed E-state index contributed by atoms with van der Waals surface area (Å²) in [6, 6.07) is 1.62. The van der Waals surface area contributed by atoms with Gasteiger partial charge in [-0.3, -0.25) is 0 Å². The zero-order chi connectivity index (χ0) is 13.3. The van der Waals surface area contributed by atoms with Crippen LogP contribution in [-0.4, -0.2) is 24.9 Å². The molecule has 0 aromatic heterocycles. The Kier molecular flexibility index (Phi) is 3.78. The highest BCUT2D eigenvalue weighted by atomic mass is 16.7. The SMILES string of the molecule is CCO[C@H]1O[C@@H](C)Cc2c(C)c(O)cc(OC)c21. The van der Waals surface area contributed by atoms with Crippen LogP contribution in [0.1, 0.15) is 36.8 Å². The third-order valence-electron chi connectivity index (χ3n) is 3.32. The molecule has 0 fully saturated rings. The first kappa shape index (κ1) is 13.2. The van der Waals surface area contributed by atoms with Gasteiger partial charge in [0.05, 0.1) is 18.8 Å². The third-order valence-corrected chi connectivity index (χ3v) is 3.32. The molecule has 0 unspecified atom stereocenters. The highest BCUT2D eigenvalue weighted by Gasteiger charge is 2.31. The predicted molar refractivity (Wildman–Crippen MR) is 68.0 cm³/mol. The lowest BCUT2D eigenvalue weighted by Crippen LogP contribution is -2.26. The van der Waals surface area contributed by atoms with Gasteiger partial charge in [-0.25, -0.2) is 0 Å². The number of methoxy groups -OCH3 is 1. The number of benzene rings is 1. The lowest BCUT2D eigenvalue weighted by atomic mass is 9.92. The van der Waals surface area contributed by atoms with Gasteiger partial charge in [0.15, 0.2) is 6.29 Å². The van der Waals surface area contributed by atoms with E-state index in [0.717, 1.165) is 23.1 Å². The van der Waals surface area contributed by atoms with Crippen molar-refractivity contribution in [3.63, 3.8) is 0 Å². The second-order valence-electron chi connectivity index (χ2n) is 4.55. The Hall–Kier alpha value is -1.26. The van der Waals surface area contributed by atoms with Crippen LogP contribution in [-0.2, 0) is 15.9 Å². The summed E-state index contributed by atoms with van der Waals surface area (Å²) in [5, 5.41) is 9.93. The van der Waals surface area contributed by atoms with Gasteiger partial charge in [-0.1, -0.05) is 0 Å². The van der Waals surface area contributed by atoms with Crippen LogP contribution in [0.25, 0.3) is 0 Å². The van der Waals surface area contributed by atoms with Crippen molar-refractivity contribution < 1.29 is 19.3 Å². The van der Waals surface area contributed by atoms with Crippen LogP contribution in [0, 0.1) is 6.92 Å². The lowest BCUT2D eigenvalue weighted by Gasteiger charge is -2.32. The number of ether oxygens (including phenoxy) is 3. The van der Waals surface area contributed by atoms with Gasteiger partial charge in [0.1, 0.15) is 11.5 Å². The van der Waals surface area contributed by atoms with Crippen LogP contribution in [0.5, 0.6) is 11.5 Å². The first-order valence-electron chi connectivity index (χ1n) is 6.24. The van der Waals surface area contributed by atoms with E-state index in [-0.39, 0.29) is 11.9 Å². The zero-order valence-electron chi connectivity index (χ0n) is 11.3. The molecular formula is C14H20O4. The topological polar surface area (TPSA) is 47.9 Å². The van der Waals surface area contributed by atoms with Crippen molar-refractivity contribution in [1.82, 2.24) is 0 Å². The first-order chi connectivity index (χ1) is 8.58. The van der Waals surface area contributed by atoms with E-state index in [1.165, 1.54) is 0 Å². The van der Waals surface area contributed by atoms with Gasteiger partial charge in [-0.05, 0) is 38.3 Å². The number of hydrogen-bond donors (Lipinski definition) is 1. The van der Waals surface area contributed by atoms with E-state index in [2.05, 4.69) is 0 Å². The molecule has 0 saturated carbocycles. The number of hydrogen-bond acceptors (Lipinski definition) is 4. The molecule has 0 saturated heterocycles. The molecule has 0 aliphatic carbocycles. The van der Waals surface area contributed by atoms with Gasteiger partial charge in [0, 0.05) is 12.7 Å². The summed E-state index contributed by atoms with van der Waals surface area (Å²) in [5.74, 6) is 0.883. The monoisotopic (exact) mass is 252 g/mol. The molecule has 1 aliphatic heterocycles. The predicted octanol–water partition coefficient (Wildman–Crippen LogP) is 2.71. The molecule has 18 heavy (non-hydrogen) atoms. The van der Waals surface area contributed by atoms with Crippen molar-refractivity contribution in [1.29, 1.82) is 0 Å². The van der Waals surface area contributed by atoms with E-state index in [0.29, 0.717) is 12.4 Å². The second-order valence-corrected chi connectivity index (χ2v) is 4.55. The Morgan fingerprint density at radius 2 is 2.22 bits per heavy atom. The summed E-state index contributed by atoms with van der Waals surface area (Å²) < 4.78 is 16.8. The van der Waals surface area contributed by atoms with Crippen LogP contribution in [0.4, 0.5) is 0 Å². The highest BCUT2D eigenvalue weighted by Crippen LogP contribution is 2.42. The highest BCUT2D eigenvalue weighted by molar-refractivity contribution is 5.53. The van der Waals surface area contributed by atoms with Gasteiger partial charge in [0.2, 0.25) is 0 Å². The fraction of sp³-hybridized carbons (Fsp3) is 0.571. The molecular weight excluding hydrogens is 232 g/mol. The van der Waals surface area contributed by atoms with Crippen LogP contribution >= 0.6 is 0 Å². The molecule has 0 amide bonds. The summed E-state index contributed by atoms with van der Waals surface area (Å²) in [7, 11) is 1.59. The summed E-state index contributed by atoms with van der Waals surface area (Å²) in [6.07, 6.45) is 0.414. The van der Waals surface area contributed by atoms with Crippen LogP contribution in [0.2, 0.25) is 0 Å². The molecule has 4 heteroatoms. The Morgan fingerprint density at radius 1 is 1.50 bits per heavy atom. The maximum Gasteiger partial charge on any atom is 0.187 e. The third kappa shape index (κ3) is 2.18. The molecule has 0 bridgehead atoms. The lowest BCUT2D eigenvalue weighted by molar-refractivity contribution is -0.177. The maximum atomic E-state index is 9.93. The standard InChI is InChI=1S/C14H20O4/c1-5-17-14-13-10(6-8(2)18-14)9(3)11(15)7-12(13)16-4/h7-8,14-15H,5-6H2,1-4H3/t8-,14-/m0/s1. The van der Waals surface area contributed by atoms with E-state index in [1.807, 2.05) is 20.8 Å². The van der Waals surface area contributed by atoms with Crippen molar-refractivity contribution in [2.75, 3.05) is 13.7 Å². The van der Waals surface area contributed by atoms with Gasteiger partial charge < -0.3 is 19.3 Å². The Balaban J connectivity index is 2.56. The van der Waals surface area contributed by atoms with E-state index < -0.39 is 6.29 Å². The Bertz CT molecular complexity index is 442. The van der Waals surface area contributed by atoms with Gasteiger partial charge in [-0.2, -0.15) is 0 Å². The Morgan fingerprint density at radius 3 is 2.83 bits per heavy atom. The summed E-state index contributed by atoms with van der Waals surface area (Å²) in [5.41, 5.74) is 2.86. The summed E-state index contributed by atoms with van der Waals surface area (Å²) in [6.45, 7) is 6.42. The maximum absolute atomic E-state index is 9.93. The van der Waals surface area contributed by atoms with Gasteiger partial charge in [-0.15, -0.1) is 0 Å². The molecule has 1 N–H and O–H groups in total. The fourth-order valence-electron chi connectivity index (χ4n) is 2.39. The largest absolute Gasteiger partial charge is 0.508 e. The molecule has 1 aliphatic rings. The molecule has 4 nitrogen and oxygen atoms in total. The smallest absolute Gasteiger partial charge is 0.187 e. The van der Waals surface area contributed by atoms with Gasteiger partial charge >= 0.3 is 0 Å². The molecule has 1 aromatic rings. The van der Waals surface area contributed by atoms with E-state index in [4.69, 9.17) is 14.2 Å². The van der Waals surface area contributed by atoms with Crippen molar-refractivity contribution in [3.8, 4) is 11.5 Å².